The van der Waals surface area contributed by atoms with Gasteiger partial charge < -0.3 is 16.4 Å². The van der Waals surface area contributed by atoms with Crippen LogP contribution in [0.2, 0.25) is 5.02 Å². The highest BCUT2D eigenvalue weighted by Crippen LogP contribution is 2.32. The van der Waals surface area contributed by atoms with Crippen LogP contribution in [0.25, 0.3) is 0 Å². The maximum Gasteiger partial charge on any atom is 0.250 e. The Bertz CT molecular complexity index is 492. The number of amides is 1. The number of nitrogens with zero attached hydrogens (tertiary/aromatic N) is 1. The largest absolute Gasteiger partial charge is 0.367 e. The van der Waals surface area contributed by atoms with Crippen molar-refractivity contribution in [3.63, 3.8) is 0 Å². The summed E-state index contributed by atoms with van der Waals surface area (Å²) in [5, 5.41) is 0.523. The standard InChI is InChI=1S/C15H22ClN3O/c1-2-10-5-6-19(12(7-10)9-17)14-4-3-11(16)8-13(14)15(18)20/h3-4,8,10,12H,2,5-7,9,17H2,1H3,(H2,18,20). The van der Waals surface area contributed by atoms with Crippen LogP contribution >= 0.6 is 11.6 Å². The van der Waals surface area contributed by atoms with Crippen molar-refractivity contribution in [3.8, 4) is 0 Å². The lowest BCUT2D eigenvalue weighted by Crippen LogP contribution is -2.47. The van der Waals surface area contributed by atoms with Gasteiger partial charge in [-0.15, -0.1) is 0 Å². The Morgan fingerprint density at radius 3 is 2.85 bits per heavy atom. The fourth-order valence-corrected chi connectivity index (χ4v) is 3.17. The number of primary amides is 1. The average molecular weight is 296 g/mol. The normalized spacial score (nSPS) is 22.9. The zero-order valence-electron chi connectivity index (χ0n) is 11.8. The lowest BCUT2D eigenvalue weighted by atomic mass is 9.88. The number of anilines is 1. The molecule has 0 aliphatic carbocycles. The summed E-state index contributed by atoms with van der Waals surface area (Å²) in [4.78, 5) is 13.8. The molecule has 5 heteroatoms. The molecule has 1 aliphatic rings. The van der Waals surface area contributed by atoms with E-state index in [9.17, 15) is 4.79 Å². The van der Waals surface area contributed by atoms with E-state index in [1.807, 2.05) is 6.07 Å². The van der Waals surface area contributed by atoms with Crippen molar-refractivity contribution in [1.82, 2.24) is 0 Å². The molecule has 0 spiro atoms. The van der Waals surface area contributed by atoms with E-state index >= 15 is 0 Å². The Morgan fingerprint density at radius 2 is 2.25 bits per heavy atom. The summed E-state index contributed by atoms with van der Waals surface area (Å²) >= 11 is 5.96. The summed E-state index contributed by atoms with van der Waals surface area (Å²) in [5.41, 5.74) is 12.7. The van der Waals surface area contributed by atoms with Crippen LogP contribution in [0.1, 0.15) is 36.5 Å². The van der Waals surface area contributed by atoms with Crippen molar-refractivity contribution in [2.45, 2.75) is 32.2 Å². The first-order valence-corrected chi connectivity index (χ1v) is 7.50. The second-order valence-corrected chi connectivity index (χ2v) is 5.84. The minimum absolute atomic E-state index is 0.257. The minimum atomic E-state index is -0.448. The average Bonchev–Trinajstić information content (AvgIpc) is 2.46. The minimum Gasteiger partial charge on any atom is -0.367 e. The molecule has 1 saturated heterocycles. The number of hydrogen-bond donors (Lipinski definition) is 2. The number of nitrogens with two attached hydrogens (primary N) is 2. The molecular formula is C15H22ClN3O. The van der Waals surface area contributed by atoms with Gasteiger partial charge in [0, 0.05) is 29.8 Å². The van der Waals surface area contributed by atoms with Crippen molar-refractivity contribution in [2.75, 3.05) is 18.0 Å². The van der Waals surface area contributed by atoms with Crippen molar-refractivity contribution < 1.29 is 4.79 Å². The van der Waals surface area contributed by atoms with Gasteiger partial charge in [0.15, 0.2) is 0 Å². The molecule has 4 nitrogen and oxygen atoms in total. The van der Waals surface area contributed by atoms with Gasteiger partial charge in [0.1, 0.15) is 0 Å². The summed E-state index contributed by atoms with van der Waals surface area (Å²) in [7, 11) is 0. The van der Waals surface area contributed by atoms with Crippen LogP contribution in [0.4, 0.5) is 5.69 Å². The third-order valence-electron chi connectivity index (χ3n) is 4.21. The molecular weight excluding hydrogens is 274 g/mol. The topological polar surface area (TPSA) is 72.3 Å². The fraction of sp³-hybridized carbons (Fsp3) is 0.533. The summed E-state index contributed by atoms with van der Waals surface area (Å²) in [6.45, 7) is 3.70. The van der Waals surface area contributed by atoms with Gasteiger partial charge in [0.2, 0.25) is 0 Å². The first-order chi connectivity index (χ1) is 9.56. The molecule has 2 atom stereocenters. The van der Waals surface area contributed by atoms with Crippen LogP contribution in [-0.2, 0) is 0 Å². The van der Waals surface area contributed by atoms with E-state index in [2.05, 4.69) is 11.8 Å². The summed E-state index contributed by atoms with van der Waals surface area (Å²) in [6.07, 6.45) is 3.36. The third kappa shape index (κ3) is 3.07. The Labute approximate surface area is 125 Å². The summed E-state index contributed by atoms with van der Waals surface area (Å²) < 4.78 is 0. The van der Waals surface area contributed by atoms with Gasteiger partial charge in [-0.05, 0) is 37.0 Å². The number of benzene rings is 1. The summed E-state index contributed by atoms with van der Waals surface area (Å²) in [6, 6.07) is 5.56. The zero-order valence-corrected chi connectivity index (χ0v) is 12.6. The maximum atomic E-state index is 11.6. The van der Waals surface area contributed by atoms with E-state index in [1.165, 1.54) is 6.42 Å². The highest BCUT2D eigenvalue weighted by Gasteiger charge is 2.28. The molecule has 0 saturated carbocycles. The van der Waals surface area contributed by atoms with Gasteiger partial charge in [0.25, 0.3) is 5.91 Å². The van der Waals surface area contributed by atoms with E-state index in [-0.39, 0.29) is 6.04 Å². The number of hydrogen-bond acceptors (Lipinski definition) is 3. The monoisotopic (exact) mass is 295 g/mol. The Balaban J connectivity index is 2.33. The molecule has 1 fully saturated rings. The van der Waals surface area contributed by atoms with Crippen LogP contribution in [0.15, 0.2) is 18.2 Å². The maximum absolute atomic E-state index is 11.6. The molecule has 1 aromatic rings. The lowest BCUT2D eigenvalue weighted by Gasteiger charge is -2.41. The number of carbonyl (C=O) groups is 1. The van der Waals surface area contributed by atoms with E-state index in [0.29, 0.717) is 23.0 Å². The molecule has 2 rings (SSSR count). The number of piperidine rings is 1. The predicted molar refractivity (Wildman–Crippen MR) is 83.2 cm³/mol. The second kappa shape index (κ2) is 6.46. The van der Waals surface area contributed by atoms with Gasteiger partial charge >= 0.3 is 0 Å². The predicted octanol–water partition coefficient (Wildman–Crippen LogP) is 2.39. The van der Waals surface area contributed by atoms with Crippen LogP contribution in [0.5, 0.6) is 0 Å². The first-order valence-electron chi connectivity index (χ1n) is 7.12. The van der Waals surface area contributed by atoms with Gasteiger partial charge in [-0.1, -0.05) is 24.9 Å². The molecule has 1 aromatic carbocycles. The molecule has 0 bridgehead atoms. The highest BCUT2D eigenvalue weighted by atomic mass is 35.5. The van der Waals surface area contributed by atoms with E-state index < -0.39 is 5.91 Å². The van der Waals surface area contributed by atoms with Crippen molar-refractivity contribution in [1.29, 1.82) is 0 Å². The van der Waals surface area contributed by atoms with Gasteiger partial charge in [-0.2, -0.15) is 0 Å². The van der Waals surface area contributed by atoms with Crippen LogP contribution < -0.4 is 16.4 Å². The third-order valence-corrected chi connectivity index (χ3v) is 4.44. The number of rotatable bonds is 4. The van der Waals surface area contributed by atoms with Crippen molar-refractivity contribution in [2.24, 2.45) is 17.4 Å². The molecule has 1 amide bonds. The molecule has 2 unspecified atom stereocenters. The van der Waals surface area contributed by atoms with Gasteiger partial charge in [0.05, 0.1) is 5.56 Å². The van der Waals surface area contributed by atoms with Crippen LogP contribution in [0.3, 0.4) is 0 Å². The number of halogens is 1. The second-order valence-electron chi connectivity index (χ2n) is 5.41. The quantitative estimate of drug-likeness (QED) is 0.896. The highest BCUT2D eigenvalue weighted by molar-refractivity contribution is 6.31. The van der Waals surface area contributed by atoms with Crippen LogP contribution in [-0.4, -0.2) is 25.0 Å². The number of carbonyl (C=O) groups excluding carboxylic acids is 1. The Morgan fingerprint density at radius 1 is 1.50 bits per heavy atom. The Hall–Kier alpha value is -1.26. The van der Waals surface area contributed by atoms with E-state index in [4.69, 9.17) is 23.1 Å². The molecule has 0 radical (unpaired) electrons. The van der Waals surface area contributed by atoms with Crippen LogP contribution in [0, 0.1) is 5.92 Å². The van der Waals surface area contributed by atoms with Crippen molar-refractivity contribution in [3.05, 3.63) is 28.8 Å². The SMILES string of the molecule is CCC1CCN(c2ccc(Cl)cc2C(N)=O)C(CN)C1. The van der Waals surface area contributed by atoms with E-state index in [0.717, 1.165) is 25.1 Å². The van der Waals surface area contributed by atoms with Crippen molar-refractivity contribution >= 4 is 23.2 Å². The molecule has 1 aliphatic heterocycles. The van der Waals surface area contributed by atoms with E-state index in [1.54, 1.807) is 12.1 Å². The summed E-state index contributed by atoms with van der Waals surface area (Å²) in [5.74, 6) is 0.264. The molecule has 4 N–H and O–H groups in total. The van der Waals surface area contributed by atoms with Gasteiger partial charge in [-0.25, -0.2) is 0 Å². The smallest absolute Gasteiger partial charge is 0.250 e. The molecule has 1 heterocycles. The Kier molecular flexibility index (Phi) is 4.89. The molecule has 110 valence electrons. The van der Waals surface area contributed by atoms with Gasteiger partial charge in [-0.3, -0.25) is 4.79 Å². The fourth-order valence-electron chi connectivity index (χ4n) is 3.00. The molecule has 0 aromatic heterocycles. The molecule has 20 heavy (non-hydrogen) atoms. The first kappa shape index (κ1) is 15.1. The lowest BCUT2D eigenvalue weighted by molar-refractivity contribution is 0.100. The zero-order chi connectivity index (χ0) is 14.7.